The minimum Gasteiger partial charge on any atom is -0.336 e. The lowest BCUT2D eigenvalue weighted by molar-refractivity contribution is -0.136. The Labute approximate surface area is 115 Å². The highest BCUT2D eigenvalue weighted by Gasteiger charge is 2.22. The van der Waals surface area contributed by atoms with E-state index in [1.165, 1.54) is 12.1 Å². The van der Waals surface area contributed by atoms with Gasteiger partial charge in [0.25, 0.3) is 0 Å². The first-order chi connectivity index (χ1) is 8.58. The predicted molar refractivity (Wildman–Crippen MR) is 71.6 cm³/mol. The molecule has 1 amide bonds. The van der Waals surface area contributed by atoms with Gasteiger partial charge in [-0.2, -0.15) is 0 Å². The zero-order valence-electron chi connectivity index (χ0n) is 10.3. The van der Waals surface area contributed by atoms with Gasteiger partial charge in [0.2, 0.25) is 5.91 Å². The third-order valence-electron chi connectivity index (χ3n) is 3.14. The molecule has 1 aromatic rings. The fraction of sp³-hybridized carbons (Fsp3) is 0.462. The molecule has 1 fully saturated rings. The molecule has 5 heteroatoms. The van der Waals surface area contributed by atoms with Crippen LogP contribution >= 0.6 is 15.9 Å². The van der Waals surface area contributed by atoms with E-state index in [1.807, 2.05) is 13.0 Å². The first-order valence-electron chi connectivity index (χ1n) is 6.03. The largest absolute Gasteiger partial charge is 0.336 e. The number of carbonyl (C=O) groups excluding carboxylic acids is 1. The highest BCUT2D eigenvalue weighted by Crippen LogP contribution is 2.17. The van der Waals surface area contributed by atoms with Crippen LogP contribution < -0.4 is 0 Å². The Morgan fingerprint density at radius 1 is 1.33 bits per heavy atom. The molecule has 0 spiro atoms. The first-order valence-corrected chi connectivity index (χ1v) is 6.83. The fourth-order valence-electron chi connectivity index (χ4n) is 2.12. The maximum absolute atomic E-state index is 13.3. The normalized spacial score (nSPS) is 17.3. The van der Waals surface area contributed by atoms with Gasteiger partial charge in [0, 0.05) is 24.1 Å². The van der Waals surface area contributed by atoms with Crippen molar-refractivity contribution >= 4 is 21.8 Å². The topological polar surface area (TPSA) is 23.6 Å². The van der Waals surface area contributed by atoms with Gasteiger partial charge in [-0.3, -0.25) is 9.69 Å². The van der Waals surface area contributed by atoms with Crippen molar-refractivity contribution in [2.45, 2.75) is 13.5 Å². The number of rotatable bonds is 3. The van der Waals surface area contributed by atoms with Gasteiger partial charge < -0.3 is 4.90 Å². The number of likely N-dealkylation sites (N-methyl/N-ethyl adjacent to an activating group) is 1. The van der Waals surface area contributed by atoms with E-state index in [4.69, 9.17) is 0 Å². The van der Waals surface area contributed by atoms with Crippen molar-refractivity contribution in [2.75, 3.05) is 26.2 Å². The van der Waals surface area contributed by atoms with Crippen LogP contribution in [0.1, 0.15) is 12.5 Å². The summed E-state index contributed by atoms with van der Waals surface area (Å²) in [5.41, 5.74) is 0.820. The summed E-state index contributed by atoms with van der Waals surface area (Å²) in [5.74, 6) is -0.164. The minimum atomic E-state index is -0.279. The molecule has 1 aromatic carbocycles. The Bertz CT molecular complexity index is 432. The van der Waals surface area contributed by atoms with Crippen LogP contribution in [-0.2, 0) is 11.3 Å². The number of carbonyl (C=O) groups is 1. The summed E-state index contributed by atoms with van der Waals surface area (Å²) in [6.45, 7) is 5.48. The lowest BCUT2D eigenvalue weighted by Gasteiger charge is -2.33. The summed E-state index contributed by atoms with van der Waals surface area (Å²) in [6, 6.07) is 4.74. The van der Waals surface area contributed by atoms with E-state index >= 15 is 0 Å². The fourth-order valence-corrected chi connectivity index (χ4v) is 2.63. The summed E-state index contributed by atoms with van der Waals surface area (Å²) in [4.78, 5) is 15.8. The van der Waals surface area contributed by atoms with Crippen LogP contribution in [0, 0.1) is 5.82 Å². The third kappa shape index (κ3) is 3.29. The number of piperazine rings is 1. The van der Waals surface area contributed by atoms with Gasteiger partial charge in [0.15, 0.2) is 0 Å². The molecule has 0 atom stereocenters. The number of hydrogen-bond acceptors (Lipinski definition) is 2. The van der Waals surface area contributed by atoms with Crippen molar-refractivity contribution in [3.05, 3.63) is 34.1 Å². The maximum atomic E-state index is 13.3. The van der Waals surface area contributed by atoms with Gasteiger partial charge in [0.05, 0.1) is 6.54 Å². The molecule has 1 aliphatic rings. The summed E-state index contributed by atoms with van der Waals surface area (Å²) in [6.07, 6.45) is 0. The molecule has 1 aliphatic heterocycles. The molecule has 0 N–H and O–H groups in total. The van der Waals surface area contributed by atoms with E-state index in [0.29, 0.717) is 24.1 Å². The molecule has 0 aliphatic carbocycles. The van der Waals surface area contributed by atoms with Crippen molar-refractivity contribution in [3.8, 4) is 0 Å². The van der Waals surface area contributed by atoms with Crippen molar-refractivity contribution in [1.82, 2.24) is 9.80 Å². The van der Waals surface area contributed by atoms with E-state index in [-0.39, 0.29) is 11.7 Å². The average Bonchev–Trinajstić information content (AvgIpc) is 2.30. The Morgan fingerprint density at radius 2 is 2.11 bits per heavy atom. The van der Waals surface area contributed by atoms with Crippen LogP contribution in [-0.4, -0.2) is 41.9 Å². The number of halogens is 2. The number of amides is 1. The zero-order valence-corrected chi connectivity index (χ0v) is 11.9. The zero-order chi connectivity index (χ0) is 13.1. The van der Waals surface area contributed by atoms with E-state index in [0.717, 1.165) is 18.7 Å². The van der Waals surface area contributed by atoms with Gasteiger partial charge in [-0.05, 0) is 30.3 Å². The monoisotopic (exact) mass is 314 g/mol. The van der Waals surface area contributed by atoms with Gasteiger partial charge in [-0.1, -0.05) is 22.9 Å². The van der Waals surface area contributed by atoms with E-state index in [9.17, 15) is 9.18 Å². The Balaban J connectivity index is 2.03. The molecule has 2 rings (SSSR count). The molecule has 3 nitrogen and oxygen atoms in total. The smallest absolute Gasteiger partial charge is 0.237 e. The molecule has 98 valence electrons. The molecular weight excluding hydrogens is 299 g/mol. The Hall–Kier alpha value is -0.940. The highest BCUT2D eigenvalue weighted by atomic mass is 79.9. The number of nitrogens with zero attached hydrogens (tertiary/aromatic N) is 2. The lowest BCUT2D eigenvalue weighted by Crippen LogP contribution is -2.49. The van der Waals surface area contributed by atoms with Crippen LogP contribution in [0.15, 0.2) is 22.7 Å². The van der Waals surface area contributed by atoms with Crippen molar-refractivity contribution in [1.29, 1.82) is 0 Å². The molecule has 0 unspecified atom stereocenters. The Kier molecular flexibility index (Phi) is 4.35. The second-order valence-electron chi connectivity index (χ2n) is 4.46. The molecule has 1 heterocycles. The summed E-state index contributed by atoms with van der Waals surface area (Å²) >= 11 is 3.26. The van der Waals surface area contributed by atoms with Gasteiger partial charge in [-0.15, -0.1) is 0 Å². The molecule has 0 radical (unpaired) electrons. The molecule has 1 saturated heterocycles. The first kappa shape index (κ1) is 13.5. The van der Waals surface area contributed by atoms with E-state index in [1.54, 1.807) is 4.90 Å². The van der Waals surface area contributed by atoms with Crippen LogP contribution in [0.3, 0.4) is 0 Å². The van der Waals surface area contributed by atoms with Crippen LogP contribution in [0.5, 0.6) is 0 Å². The molecule has 0 saturated carbocycles. The molecule has 0 bridgehead atoms. The van der Waals surface area contributed by atoms with E-state index in [2.05, 4.69) is 20.8 Å². The van der Waals surface area contributed by atoms with Crippen LogP contribution in [0.25, 0.3) is 0 Å². The van der Waals surface area contributed by atoms with Crippen molar-refractivity contribution in [3.63, 3.8) is 0 Å². The van der Waals surface area contributed by atoms with Gasteiger partial charge >= 0.3 is 0 Å². The number of benzene rings is 1. The van der Waals surface area contributed by atoms with Crippen molar-refractivity contribution < 1.29 is 9.18 Å². The van der Waals surface area contributed by atoms with Crippen LogP contribution in [0.4, 0.5) is 4.39 Å². The van der Waals surface area contributed by atoms with Crippen LogP contribution in [0.2, 0.25) is 0 Å². The van der Waals surface area contributed by atoms with Crippen molar-refractivity contribution in [2.24, 2.45) is 0 Å². The second-order valence-corrected chi connectivity index (χ2v) is 5.38. The predicted octanol–water partition coefficient (Wildman–Crippen LogP) is 2.25. The van der Waals surface area contributed by atoms with Gasteiger partial charge in [-0.25, -0.2) is 4.39 Å². The highest BCUT2D eigenvalue weighted by molar-refractivity contribution is 9.10. The second kappa shape index (κ2) is 5.80. The number of hydrogen-bond donors (Lipinski definition) is 0. The molecule has 18 heavy (non-hydrogen) atoms. The molecule has 0 aromatic heterocycles. The standard InChI is InChI=1S/C13H16BrFN2O/c1-2-16-3-4-17(13(18)9-16)8-10-5-11(14)7-12(15)6-10/h5-7H,2-4,8-9H2,1H3. The third-order valence-corrected chi connectivity index (χ3v) is 3.60. The SMILES string of the molecule is CCN1CCN(Cc2cc(F)cc(Br)c2)C(=O)C1. The maximum Gasteiger partial charge on any atom is 0.237 e. The minimum absolute atomic E-state index is 0.114. The van der Waals surface area contributed by atoms with E-state index < -0.39 is 0 Å². The Morgan fingerprint density at radius 3 is 2.72 bits per heavy atom. The lowest BCUT2D eigenvalue weighted by atomic mass is 10.2. The molecular formula is C13H16BrFN2O. The summed E-state index contributed by atoms with van der Waals surface area (Å²) in [5, 5.41) is 0. The average molecular weight is 315 g/mol. The summed E-state index contributed by atoms with van der Waals surface area (Å²) < 4.78 is 14.0. The van der Waals surface area contributed by atoms with Gasteiger partial charge in [0.1, 0.15) is 5.82 Å². The summed E-state index contributed by atoms with van der Waals surface area (Å²) in [7, 11) is 0. The quantitative estimate of drug-likeness (QED) is 0.854.